The molecule has 9 aromatic rings. The summed E-state index contributed by atoms with van der Waals surface area (Å²) >= 11 is 0. The van der Waals surface area contributed by atoms with E-state index in [-0.39, 0.29) is 32.7 Å². The van der Waals surface area contributed by atoms with Crippen LogP contribution in [0.25, 0.3) is 72.7 Å². The Morgan fingerprint density at radius 3 is 1.91 bits per heavy atom. The van der Waals surface area contributed by atoms with Crippen LogP contribution in [0.1, 0.15) is 24.0 Å². The molecule has 5 heteroatoms. The number of fused-ring (bicyclic) bond motifs is 1. The van der Waals surface area contributed by atoms with Gasteiger partial charge in [0.25, 0.3) is 0 Å². The molecule has 0 saturated carbocycles. The van der Waals surface area contributed by atoms with Crippen LogP contribution in [-0.2, 0) is 21.1 Å². The minimum atomic E-state index is 0. The third kappa shape index (κ3) is 7.05. The van der Waals surface area contributed by atoms with Gasteiger partial charge in [0.1, 0.15) is 11.6 Å². The topological polar surface area (TPSA) is 50.9 Å². The van der Waals surface area contributed by atoms with Crippen molar-refractivity contribution >= 4 is 11.0 Å². The molecule has 55 heavy (non-hydrogen) atoms. The number of nitrogens with zero attached hydrogens (tertiary/aromatic N) is 3. The largest absolute Gasteiger partial charge is 0.507 e. The zero-order valence-corrected chi connectivity index (χ0v) is 32.4. The summed E-state index contributed by atoms with van der Waals surface area (Å²) in [6, 6.07) is 66.1. The van der Waals surface area contributed by atoms with E-state index in [9.17, 15) is 5.11 Å². The molecule has 0 aliphatic rings. The van der Waals surface area contributed by atoms with Crippen LogP contribution in [0.2, 0.25) is 0 Å². The van der Waals surface area contributed by atoms with Crippen LogP contribution in [0.4, 0.5) is 0 Å². The van der Waals surface area contributed by atoms with Crippen molar-refractivity contribution in [1.82, 2.24) is 14.5 Å². The van der Waals surface area contributed by atoms with Crippen LogP contribution in [0.3, 0.4) is 0 Å². The first kappa shape index (κ1) is 35.7. The van der Waals surface area contributed by atoms with E-state index in [0.29, 0.717) is 11.4 Å². The Labute approximate surface area is 335 Å². The van der Waals surface area contributed by atoms with Gasteiger partial charge in [-0.1, -0.05) is 157 Å². The van der Waals surface area contributed by atoms with E-state index in [2.05, 4.69) is 145 Å². The molecule has 0 aliphatic heterocycles. The number of rotatable bonds is 8. The van der Waals surface area contributed by atoms with E-state index in [1.165, 1.54) is 11.1 Å². The molecule has 2 aromatic heterocycles. The number of para-hydroxylation sites is 3. The Hall–Kier alpha value is -6.35. The van der Waals surface area contributed by atoms with Gasteiger partial charge in [0.15, 0.2) is 0 Å². The van der Waals surface area contributed by atoms with E-state index >= 15 is 0 Å². The Balaban J connectivity index is 0.00000427. The summed E-state index contributed by atoms with van der Waals surface area (Å²) in [6.45, 7) is 2.25. The molecular formula is C50H36N3OPt-. The summed E-state index contributed by atoms with van der Waals surface area (Å²) in [6.07, 6.45) is 1.87. The Morgan fingerprint density at radius 1 is 0.545 bits per heavy atom. The molecule has 4 nitrogen and oxygen atoms in total. The molecule has 0 spiro atoms. The van der Waals surface area contributed by atoms with Gasteiger partial charge in [-0.2, -0.15) is 0 Å². The monoisotopic (exact) mass is 889 g/mol. The van der Waals surface area contributed by atoms with Crippen molar-refractivity contribution in [1.29, 1.82) is 0 Å². The first-order chi connectivity index (χ1) is 26.6. The van der Waals surface area contributed by atoms with Crippen LogP contribution in [0.5, 0.6) is 5.75 Å². The van der Waals surface area contributed by atoms with Crippen molar-refractivity contribution in [3.63, 3.8) is 0 Å². The molecule has 2 heterocycles. The second-order valence-electron chi connectivity index (χ2n) is 13.5. The minimum Gasteiger partial charge on any atom is -0.507 e. The smallest absolute Gasteiger partial charge is 0.148 e. The number of hydrogen-bond donors (Lipinski definition) is 1. The number of aromatic nitrogens is 3. The molecule has 1 atom stereocenters. The average Bonchev–Trinajstić information content (AvgIpc) is 3.64. The van der Waals surface area contributed by atoms with Crippen LogP contribution in [-0.4, -0.2) is 19.6 Å². The molecule has 0 amide bonds. The van der Waals surface area contributed by atoms with E-state index < -0.39 is 0 Å². The fourth-order valence-electron chi connectivity index (χ4n) is 7.30. The van der Waals surface area contributed by atoms with Crippen LogP contribution in [0.15, 0.2) is 188 Å². The van der Waals surface area contributed by atoms with Crippen molar-refractivity contribution in [2.24, 2.45) is 0 Å². The Bertz CT molecular complexity index is 2730. The second-order valence-corrected chi connectivity index (χ2v) is 13.5. The molecule has 268 valence electrons. The minimum absolute atomic E-state index is 0. The number of phenolic OH excluding ortho intramolecular Hbond substituents is 1. The molecule has 1 N–H and O–H groups in total. The molecule has 0 saturated heterocycles. The zero-order chi connectivity index (χ0) is 36.4. The van der Waals surface area contributed by atoms with Gasteiger partial charge in [0, 0.05) is 44.6 Å². The Kier molecular flexibility index (Phi) is 10.1. The SMILES string of the molecule is CC(c1ccccc1)c1ccc(-c2cc(-c3cc(-c4ccccc4)ccn3)[c-]c(-c3cccc4c3nc(-c3ccccc3O)n4-c3ccccc3)c2)cc1.[Pt]. The summed E-state index contributed by atoms with van der Waals surface area (Å²) in [5.41, 5.74) is 13.9. The van der Waals surface area contributed by atoms with Crippen LogP contribution < -0.4 is 0 Å². The van der Waals surface area contributed by atoms with E-state index in [0.717, 1.165) is 61.4 Å². The molecular weight excluding hydrogens is 854 g/mol. The number of pyridine rings is 1. The number of imidazole rings is 1. The summed E-state index contributed by atoms with van der Waals surface area (Å²) in [4.78, 5) is 10.1. The van der Waals surface area contributed by atoms with Gasteiger partial charge in [0.05, 0.1) is 16.6 Å². The first-order valence-corrected chi connectivity index (χ1v) is 18.2. The van der Waals surface area contributed by atoms with Gasteiger partial charge in [-0.15, -0.1) is 23.8 Å². The maximum Gasteiger partial charge on any atom is 0.148 e. The van der Waals surface area contributed by atoms with Crippen molar-refractivity contribution in [3.8, 4) is 67.5 Å². The van der Waals surface area contributed by atoms with Gasteiger partial charge in [0.2, 0.25) is 0 Å². The van der Waals surface area contributed by atoms with Gasteiger partial charge in [-0.3, -0.25) is 9.55 Å². The normalized spacial score (nSPS) is 11.6. The van der Waals surface area contributed by atoms with Crippen LogP contribution in [0, 0.1) is 6.07 Å². The van der Waals surface area contributed by atoms with Crippen molar-refractivity contribution in [3.05, 3.63) is 205 Å². The maximum absolute atomic E-state index is 11.0. The van der Waals surface area contributed by atoms with Gasteiger partial charge >= 0.3 is 0 Å². The predicted molar refractivity (Wildman–Crippen MR) is 221 cm³/mol. The standard InChI is InChI=1S/C50H36N3O.Pt/c1-34(35-14-5-2-6-15-35)36-24-26-38(27-25-36)40-30-41(32-42(31-40)46-33-39(28-29-51-46)37-16-7-3-8-17-37)44-21-13-22-47-49(44)52-50(45-20-11-12-23-48(45)54)53(47)43-18-9-4-10-19-43;/h2-31,33-34,54H,1H3;/q-1;. The van der Waals surface area contributed by atoms with Gasteiger partial charge in [-0.25, -0.2) is 4.98 Å². The van der Waals surface area contributed by atoms with Crippen molar-refractivity contribution < 1.29 is 26.2 Å². The van der Waals surface area contributed by atoms with E-state index in [4.69, 9.17) is 9.97 Å². The Morgan fingerprint density at radius 2 is 1.16 bits per heavy atom. The quantitative estimate of drug-likeness (QED) is 0.155. The molecule has 0 fully saturated rings. The first-order valence-electron chi connectivity index (χ1n) is 18.2. The third-order valence-electron chi connectivity index (χ3n) is 10.2. The van der Waals surface area contributed by atoms with Crippen molar-refractivity contribution in [2.75, 3.05) is 0 Å². The number of phenols is 1. The summed E-state index contributed by atoms with van der Waals surface area (Å²) in [7, 11) is 0. The third-order valence-corrected chi connectivity index (χ3v) is 10.2. The molecule has 0 radical (unpaired) electrons. The van der Waals surface area contributed by atoms with E-state index in [1.54, 1.807) is 6.07 Å². The van der Waals surface area contributed by atoms with Crippen LogP contribution >= 0.6 is 0 Å². The summed E-state index contributed by atoms with van der Waals surface area (Å²) in [5, 5.41) is 11.0. The average molecular weight is 890 g/mol. The maximum atomic E-state index is 11.0. The zero-order valence-electron chi connectivity index (χ0n) is 30.1. The molecule has 1 unspecified atom stereocenters. The summed E-state index contributed by atoms with van der Waals surface area (Å²) in [5.74, 6) is 1.12. The molecule has 9 rings (SSSR count). The fourth-order valence-corrected chi connectivity index (χ4v) is 7.30. The molecule has 7 aromatic carbocycles. The van der Waals surface area contributed by atoms with Gasteiger partial charge < -0.3 is 5.11 Å². The number of benzene rings is 7. The summed E-state index contributed by atoms with van der Waals surface area (Å²) < 4.78 is 2.12. The number of hydrogen-bond acceptors (Lipinski definition) is 3. The molecule has 0 bridgehead atoms. The van der Waals surface area contributed by atoms with Gasteiger partial charge in [-0.05, 0) is 64.2 Å². The second kappa shape index (κ2) is 15.6. The van der Waals surface area contributed by atoms with E-state index in [1.807, 2.05) is 54.7 Å². The molecule has 0 aliphatic carbocycles. The fraction of sp³-hybridized carbons (Fsp3) is 0.0400. The van der Waals surface area contributed by atoms with Crippen molar-refractivity contribution in [2.45, 2.75) is 12.8 Å². The predicted octanol–water partition coefficient (Wildman–Crippen LogP) is 12.4. The number of aromatic hydroxyl groups is 1.